The normalized spacial score (nSPS) is 10.1. The Labute approximate surface area is 106 Å². The lowest BCUT2D eigenvalue weighted by Gasteiger charge is -2.09. The van der Waals surface area contributed by atoms with Gasteiger partial charge in [-0.1, -0.05) is 6.07 Å². The molecule has 4 N–H and O–H groups in total. The molecule has 1 amide bonds. The fourth-order valence-corrected chi connectivity index (χ4v) is 1.39. The number of hydrogen-bond acceptors (Lipinski definition) is 5. The number of benzene rings is 1. The molecule has 6 heteroatoms. The van der Waals surface area contributed by atoms with Gasteiger partial charge < -0.3 is 25.6 Å². The number of hydrogen-bond donors (Lipinski definition) is 3. The Bertz CT molecular complexity index is 396. The molecule has 18 heavy (non-hydrogen) atoms. The van der Waals surface area contributed by atoms with Gasteiger partial charge in [0.25, 0.3) is 5.91 Å². The second kappa shape index (κ2) is 7.52. The number of carbonyl (C=O) groups is 1. The van der Waals surface area contributed by atoms with Crippen LogP contribution in [-0.2, 0) is 4.74 Å². The van der Waals surface area contributed by atoms with Crippen LogP contribution < -0.4 is 15.8 Å². The molecule has 0 aliphatic rings. The number of ether oxygens (including phenoxy) is 2. The summed E-state index contributed by atoms with van der Waals surface area (Å²) in [5, 5.41) is 12.4. The summed E-state index contributed by atoms with van der Waals surface area (Å²) in [4.78, 5) is 11.8. The first kappa shape index (κ1) is 14.3. The van der Waals surface area contributed by atoms with Gasteiger partial charge in [-0.15, -0.1) is 0 Å². The van der Waals surface area contributed by atoms with Gasteiger partial charge in [0.05, 0.1) is 25.9 Å². The van der Waals surface area contributed by atoms with Crippen LogP contribution >= 0.6 is 0 Å². The molecule has 0 heterocycles. The molecule has 0 radical (unpaired) electrons. The standard InChI is InChI=1S/C12H18N2O4/c1-17-10-4-2-3-9(11(10)15)12(16)14-6-8-18-7-5-13/h2-4,15H,5-8,13H2,1H3,(H,14,16). The van der Waals surface area contributed by atoms with E-state index >= 15 is 0 Å². The van der Waals surface area contributed by atoms with Crippen molar-refractivity contribution in [3.8, 4) is 11.5 Å². The first-order chi connectivity index (χ1) is 8.70. The Kier molecular flexibility index (Phi) is 5.96. The van der Waals surface area contributed by atoms with Gasteiger partial charge in [-0.3, -0.25) is 4.79 Å². The molecule has 1 rings (SSSR count). The fourth-order valence-electron chi connectivity index (χ4n) is 1.39. The third-order valence-corrected chi connectivity index (χ3v) is 2.26. The highest BCUT2D eigenvalue weighted by Gasteiger charge is 2.13. The minimum atomic E-state index is -0.372. The minimum absolute atomic E-state index is 0.166. The van der Waals surface area contributed by atoms with Gasteiger partial charge in [-0.25, -0.2) is 0 Å². The smallest absolute Gasteiger partial charge is 0.255 e. The summed E-state index contributed by atoms with van der Waals surface area (Å²) in [6.45, 7) is 1.65. The Morgan fingerprint density at radius 2 is 2.22 bits per heavy atom. The van der Waals surface area contributed by atoms with E-state index in [1.54, 1.807) is 12.1 Å². The average Bonchev–Trinajstić information content (AvgIpc) is 2.38. The van der Waals surface area contributed by atoms with Crippen LogP contribution in [0.3, 0.4) is 0 Å². The van der Waals surface area contributed by atoms with E-state index < -0.39 is 0 Å². The molecular weight excluding hydrogens is 236 g/mol. The average molecular weight is 254 g/mol. The van der Waals surface area contributed by atoms with Crippen molar-refractivity contribution in [2.45, 2.75) is 0 Å². The lowest BCUT2D eigenvalue weighted by molar-refractivity contribution is 0.0916. The summed E-state index contributed by atoms with van der Waals surface area (Å²) in [6, 6.07) is 4.74. The highest BCUT2D eigenvalue weighted by atomic mass is 16.5. The summed E-state index contributed by atoms with van der Waals surface area (Å²) in [5.74, 6) is -0.273. The van der Waals surface area contributed by atoms with Crippen molar-refractivity contribution in [1.82, 2.24) is 5.32 Å². The highest BCUT2D eigenvalue weighted by Crippen LogP contribution is 2.28. The van der Waals surface area contributed by atoms with E-state index in [1.165, 1.54) is 13.2 Å². The maximum Gasteiger partial charge on any atom is 0.255 e. The fraction of sp³-hybridized carbons (Fsp3) is 0.417. The SMILES string of the molecule is COc1cccc(C(=O)NCCOCCN)c1O. The quantitative estimate of drug-likeness (QED) is 0.600. The number of phenols is 1. The first-order valence-electron chi connectivity index (χ1n) is 5.62. The molecule has 0 fully saturated rings. The van der Waals surface area contributed by atoms with Gasteiger partial charge >= 0.3 is 0 Å². The molecule has 0 atom stereocenters. The number of carbonyl (C=O) groups excluding carboxylic acids is 1. The van der Waals surface area contributed by atoms with E-state index in [4.69, 9.17) is 15.2 Å². The number of para-hydroxylation sites is 1. The Hall–Kier alpha value is -1.79. The van der Waals surface area contributed by atoms with Crippen molar-refractivity contribution in [3.63, 3.8) is 0 Å². The maximum atomic E-state index is 11.8. The van der Waals surface area contributed by atoms with Gasteiger partial charge in [0.15, 0.2) is 11.5 Å². The van der Waals surface area contributed by atoms with Gasteiger partial charge in [0.2, 0.25) is 0 Å². The number of phenolic OH excluding ortho intramolecular Hbond substituents is 1. The minimum Gasteiger partial charge on any atom is -0.504 e. The van der Waals surface area contributed by atoms with Crippen LogP contribution in [0.15, 0.2) is 18.2 Å². The zero-order valence-corrected chi connectivity index (χ0v) is 10.3. The molecule has 0 spiro atoms. The van der Waals surface area contributed by atoms with Crippen molar-refractivity contribution >= 4 is 5.91 Å². The summed E-state index contributed by atoms with van der Waals surface area (Å²) in [6.07, 6.45) is 0. The summed E-state index contributed by atoms with van der Waals surface area (Å²) in [7, 11) is 1.43. The van der Waals surface area contributed by atoms with Gasteiger partial charge in [-0.05, 0) is 12.1 Å². The van der Waals surface area contributed by atoms with Crippen LogP contribution in [-0.4, -0.2) is 44.4 Å². The number of aromatic hydroxyl groups is 1. The number of nitrogens with one attached hydrogen (secondary N) is 1. The summed E-state index contributed by atoms with van der Waals surface area (Å²) >= 11 is 0. The molecule has 0 saturated heterocycles. The predicted octanol–water partition coefficient (Wildman–Crippen LogP) is 0.106. The molecule has 0 bridgehead atoms. The third kappa shape index (κ3) is 3.90. The van der Waals surface area contributed by atoms with Crippen molar-refractivity contribution in [2.75, 3.05) is 33.4 Å². The molecule has 0 saturated carbocycles. The molecule has 100 valence electrons. The van der Waals surface area contributed by atoms with Crippen molar-refractivity contribution in [3.05, 3.63) is 23.8 Å². The maximum absolute atomic E-state index is 11.8. The highest BCUT2D eigenvalue weighted by molar-refractivity contribution is 5.97. The van der Waals surface area contributed by atoms with E-state index in [0.29, 0.717) is 26.3 Å². The molecule has 0 aliphatic carbocycles. The third-order valence-electron chi connectivity index (χ3n) is 2.26. The van der Waals surface area contributed by atoms with Crippen LogP contribution in [0.4, 0.5) is 0 Å². The topological polar surface area (TPSA) is 93.8 Å². The molecule has 0 aliphatic heterocycles. The number of rotatable bonds is 7. The number of amides is 1. The second-order valence-electron chi connectivity index (χ2n) is 3.51. The number of nitrogens with two attached hydrogens (primary N) is 1. The van der Waals surface area contributed by atoms with Crippen LogP contribution in [0.5, 0.6) is 11.5 Å². The van der Waals surface area contributed by atoms with Crippen LogP contribution in [0.25, 0.3) is 0 Å². The van der Waals surface area contributed by atoms with Gasteiger partial charge in [0.1, 0.15) is 0 Å². The Morgan fingerprint density at radius 1 is 1.44 bits per heavy atom. The Balaban J connectivity index is 2.51. The van der Waals surface area contributed by atoms with Gasteiger partial charge in [0, 0.05) is 13.1 Å². The molecule has 1 aromatic carbocycles. The lowest BCUT2D eigenvalue weighted by atomic mass is 10.1. The summed E-state index contributed by atoms with van der Waals surface area (Å²) < 4.78 is 10.0. The molecule has 1 aromatic rings. The summed E-state index contributed by atoms with van der Waals surface area (Å²) in [5.41, 5.74) is 5.43. The monoisotopic (exact) mass is 254 g/mol. The Morgan fingerprint density at radius 3 is 2.89 bits per heavy atom. The largest absolute Gasteiger partial charge is 0.504 e. The van der Waals surface area contributed by atoms with E-state index in [2.05, 4.69) is 5.32 Å². The van der Waals surface area contributed by atoms with E-state index in [9.17, 15) is 9.90 Å². The van der Waals surface area contributed by atoms with Gasteiger partial charge in [-0.2, -0.15) is 0 Å². The van der Waals surface area contributed by atoms with Crippen molar-refractivity contribution < 1.29 is 19.4 Å². The van der Waals surface area contributed by atoms with Crippen LogP contribution in [0.1, 0.15) is 10.4 Å². The van der Waals surface area contributed by atoms with E-state index in [1.807, 2.05) is 0 Å². The van der Waals surface area contributed by atoms with Crippen molar-refractivity contribution in [1.29, 1.82) is 0 Å². The van der Waals surface area contributed by atoms with Crippen LogP contribution in [0, 0.1) is 0 Å². The molecule has 6 nitrogen and oxygen atoms in total. The zero-order chi connectivity index (χ0) is 13.4. The number of methoxy groups -OCH3 is 1. The van der Waals surface area contributed by atoms with E-state index in [0.717, 1.165) is 0 Å². The second-order valence-corrected chi connectivity index (χ2v) is 3.51. The molecule has 0 aromatic heterocycles. The van der Waals surface area contributed by atoms with E-state index in [-0.39, 0.29) is 23.0 Å². The first-order valence-corrected chi connectivity index (χ1v) is 5.62. The molecular formula is C12H18N2O4. The predicted molar refractivity (Wildman–Crippen MR) is 66.9 cm³/mol. The lowest BCUT2D eigenvalue weighted by Crippen LogP contribution is -2.28. The zero-order valence-electron chi connectivity index (χ0n) is 10.3. The van der Waals surface area contributed by atoms with Crippen LogP contribution in [0.2, 0.25) is 0 Å². The molecule has 0 unspecified atom stereocenters. The van der Waals surface area contributed by atoms with Crippen molar-refractivity contribution in [2.24, 2.45) is 5.73 Å².